The lowest BCUT2D eigenvalue weighted by Gasteiger charge is -2.27. The molecule has 0 radical (unpaired) electrons. The molecule has 0 aliphatic rings. The van der Waals surface area contributed by atoms with Gasteiger partial charge in [-0.25, -0.2) is 9.97 Å². The molecule has 504 valence electrons. The highest BCUT2D eigenvalue weighted by atomic mass is 16.5. The molecular formula is C92H104N4O2. The zero-order valence-corrected chi connectivity index (χ0v) is 60.1. The van der Waals surface area contributed by atoms with E-state index in [2.05, 4.69) is 259 Å². The molecule has 0 N–H and O–H groups in total. The minimum absolute atomic E-state index is 0.242. The summed E-state index contributed by atoms with van der Waals surface area (Å²) in [5.41, 5.74) is 13.6. The molecule has 0 bridgehead atoms. The molecule has 6 heteroatoms. The fourth-order valence-corrected chi connectivity index (χ4v) is 15.6. The quantitative estimate of drug-likeness (QED) is 0.0304. The number of benzene rings is 11. The Morgan fingerprint density at radius 1 is 0.316 bits per heavy atom. The van der Waals surface area contributed by atoms with E-state index in [1.54, 1.807) is 0 Å². The van der Waals surface area contributed by atoms with E-state index in [0.717, 1.165) is 114 Å². The first kappa shape index (κ1) is 67.8. The summed E-state index contributed by atoms with van der Waals surface area (Å²) in [4.78, 5) is 12.0. The molecule has 2 heterocycles. The summed E-state index contributed by atoms with van der Waals surface area (Å²) in [6.45, 7) is 21.8. The van der Waals surface area contributed by atoms with E-state index in [-0.39, 0.29) is 10.8 Å². The number of rotatable bonds is 33. The molecule has 0 saturated heterocycles. The van der Waals surface area contributed by atoms with E-state index in [1.165, 1.54) is 177 Å². The summed E-state index contributed by atoms with van der Waals surface area (Å²) >= 11 is 0. The number of hydrogen-bond donors (Lipinski definition) is 0. The third-order valence-electron chi connectivity index (χ3n) is 21.6. The van der Waals surface area contributed by atoms with Gasteiger partial charge >= 0.3 is 0 Å². The number of nitrogens with zero attached hydrogens (tertiary/aromatic N) is 4. The predicted octanol–water partition coefficient (Wildman–Crippen LogP) is 26.4. The van der Waals surface area contributed by atoms with Crippen molar-refractivity contribution >= 4 is 75.9 Å². The molecule has 98 heavy (non-hydrogen) atoms. The highest BCUT2D eigenvalue weighted by molar-refractivity contribution is 6.26. The monoisotopic (exact) mass is 1300 g/mol. The van der Waals surface area contributed by atoms with Gasteiger partial charge in [0.15, 0.2) is 0 Å². The highest BCUT2D eigenvalue weighted by Crippen LogP contribution is 2.47. The average Bonchev–Trinajstić information content (AvgIpc) is 1.50. The van der Waals surface area contributed by atoms with Crippen LogP contribution in [-0.4, -0.2) is 32.3 Å². The van der Waals surface area contributed by atoms with Gasteiger partial charge in [-0.15, -0.1) is 0 Å². The van der Waals surface area contributed by atoms with Gasteiger partial charge in [0.05, 0.1) is 40.8 Å². The summed E-state index contributed by atoms with van der Waals surface area (Å²) in [5, 5.41) is 12.1. The smallest absolute Gasteiger partial charge is 0.145 e. The van der Waals surface area contributed by atoms with Crippen LogP contribution in [0.4, 0.5) is 0 Å². The molecule has 6 nitrogen and oxygen atoms in total. The third kappa shape index (κ3) is 14.0. The normalized spacial score (nSPS) is 12.2. The molecule has 13 aromatic rings. The minimum Gasteiger partial charge on any atom is -0.494 e. The lowest BCUT2D eigenvalue weighted by molar-refractivity contribution is 0.304. The molecule has 0 aliphatic carbocycles. The number of unbranched alkanes of at least 4 members (excludes halogenated alkanes) is 16. The van der Waals surface area contributed by atoms with Crippen LogP contribution >= 0.6 is 0 Å². The molecular weight excluding hydrogens is 1190 g/mol. The molecule has 0 amide bonds. The van der Waals surface area contributed by atoms with Gasteiger partial charge in [0.1, 0.15) is 23.1 Å². The van der Waals surface area contributed by atoms with Gasteiger partial charge in [-0.05, 0) is 146 Å². The van der Waals surface area contributed by atoms with Crippen molar-refractivity contribution in [2.24, 2.45) is 0 Å². The van der Waals surface area contributed by atoms with Crippen molar-refractivity contribution in [3.8, 4) is 45.4 Å². The van der Waals surface area contributed by atoms with Gasteiger partial charge in [-0.3, -0.25) is 0 Å². The van der Waals surface area contributed by atoms with Crippen LogP contribution in [0.3, 0.4) is 0 Å². The van der Waals surface area contributed by atoms with Crippen molar-refractivity contribution in [3.63, 3.8) is 0 Å². The van der Waals surface area contributed by atoms with Gasteiger partial charge in [0, 0.05) is 51.0 Å². The van der Waals surface area contributed by atoms with Crippen LogP contribution in [0.5, 0.6) is 11.5 Å². The molecule has 0 saturated carbocycles. The molecule has 13 rings (SSSR count). The van der Waals surface area contributed by atoms with Crippen molar-refractivity contribution < 1.29 is 9.47 Å². The summed E-state index contributed by atoms with van der Waals surface area (Å²) in [5.74, 6) is 3.81. The second-order valence-electron chi connectivity index (χ2n) is 29.1. The zero-order chi connectivity index (χ0) is 67.6. The molecule has 0 spiro atoms. The van der Waals surface area contributed by atoms with E-state index in [0.29, 0.717) is 6.61 Å². The van der Waals surface area contributed by atoms with Gasteiger partial charge in [-0.1, -0.05) is 298 Å². The van der Waals surface area contributed by atoms with Crippen molar-refractivity contribution in [2.45, 2.75) is 208 Å². The summed E-state index contributed by atoms with van der Waals surface area (Å²) in [7, 11) is 0. The average molecular weight is 1300 g/mol. The fraction of sp³-hybridized carbons (Fsp3) is 0.370. The van der Waals surface area contributed by atoms with Crippen LogP contribution in [-0.2, 0) is 23.9 Å². The molecule has 0 aliphatic heterocycles. The number of hydrogen-bond acceptors (Lipinski definition) is 4. The van der Waals surface area contributed by atoms with Gasteiger partial charge in [-0.2, -0.15) is 0 Å². The Morgan fingerprint density at radius 3 is 1.32 bits per heavy atom. The van der Waals surface area contributed by atoms with Gasteiger partial charge < -0.3 is 18.6 Å². The summed E-state index contributed by atoms with van der Waals surface area (Å²) < 4.78 is 18.6. The van der Waals surface area contributed by atoms with E-state index < -0.39 is 0 Å². The van der Waals surface area contributed by atoms with Gasteiger partial charge in [0.2, 0.25) is 0 Å². The highest BCUT2D eigenvalue weighted by Gasteiger charge is 2.29. The Bertz CT molecular complexity index is 4860. The van der Waals surface area contributed by atoms with Crippen molar-refractivity contribution in [2.75, 3.05) is 13.2 Å². The lowest BCUT2D eigenvalue weighted by Crippen LogP contribution is -2.18. The first-order valence-electron chi connectivity index (χ1n) is 37.8. The minimum atomic E-state index is -0.255. The molecule has 0 unspecified atom stereocenters. The predicted molar refractivity (Wildman–Crippen MR) is 420 cm³/mol. The van der Waals surface area contributed by atoms with Crippen molar-refractivity contribution in [3.05, 3.63) is 216 Å². The van der Waals surface area contributed by atoms with E-state index in [9.17, 15) is 0 Å². The topological polar surface area (TPSA) is 54.1 Å². The second-order valence-corrected chi connectivity index (χ2v) is 29.1. The number of aromatic nitrogens is 4. The summed E-state index contributed by atoms with van der Waals surface area (Å²) in [6.07, 6.45) is 23.8. The number of imidazole rings is 2. The second kappa shape index (κ2) is 31.0. The van der Waals surface area contributed by atoms with Crippen LogP contribution in [0.1, 0.15) is 206 Å². The standard InChI is InChI=1S/C92H104N4O2/c1-9-13-17-21-23-34-57-95-87-81-62-68(46-53-77(81)76-54-48-71(91(5,6)69-38-27-25-28-39-69)63-80(76)86(87)93-89(95)66-43-50-73(51-44-66)97-59-36-24-22-18-14-10-2)67-45-52-75-78-55-49-72(92(7,8)70-40-29-26-30-41-70)64-82(78)88-85(79(75)61-67)94-90(96(88)58-33-19-15-11-3)84-74-42-32-31-37-65(74)47-56-83(84)98-60-35-20-16-12-4/h25-32,37-56,61-64H,9-24,33-36,57-60H2,1-8H3. The molecule has 11 aromatic carbocycles. The van der Waals surface area contributed by atoms with Crippen molar-refractivity contribution in [1.29, 1.82) is 0 Å². The number of ether oxygens (including phenoxy) is 2. The van der Waals surface area contributed by atoms with E-state index in [4.69, 9.17) is 19.4 Å². The maximum Gasteiger partial charge on any atom is 0.145 e. The fourth-order valence-electron chi connectivity index (χ4n) is 15.6. The van der Waals surface area contributed by atoms with Crippen LogP contribution in [0.25, 0.3) is 110 Å². The Labute approximate surface area is 583 Å². The Morgan fingerprint density at radius 2 is 0.735 bits per heavy atom. The largest absolute Gasteiger partial charge is 0.494 e. The first-order valence-corrected chi connectivity index (χ1v) is 37.8. The van der Waals surface area contributed by atoms with Crippen LogP contribution < -0.4 is 9.47 Å². The first-order chi connectivity index (χ1) is 48.0. The van der Waals surface area contributed by atoms with Crippen LogP contribution in [0.15, 0.2) is 194 Å². The molecule has 0 atom stereocenters. The lowest BCUT2D eigenvalue weighted by atomic mass is 9.77. The SMILES string of the molecule is CCCCCCCCOc1ccc(-c2nc3c4cc(C(C)(C)c5ccccc5)ccc4c4ccc(-c5ccc6c7ccc(C(C)(C)c8ccccc8)cc7c7c(nc(-c8c(OCCCCCC)ccc9ccccc89)n7CCCCCC)c6c5)cc4c3n2CCCCCCCC)cc1. The van der Waals surface area contributed by atoms with E-state index >= 15 is 0 Å². The Balaban J connectivity index is 1.03. The van der Waals surface area contributed by atoms with Crippen LogP contribution in [0, 0.1) is 0 Å². The maximum atomic E-state index is 6.98. The number of aryl methyl sites for hydroxylation is 2. The molecule has 0 fully saturated rings. The zero-order valence-electron chi connectivity index (χ0n) is 60.1. The van der Waals surface area contributed by atoms with Crippen LogP contribution in [0.2, 0.25) is 0 Å². The molecule has 2 aromatic heterocycles. The maximum absolute atomic E-state index is 6.98. The Hall–Kier alpha value is -8.74. The van der Waals surface area contributed by atoms with E-state index in [1.807, 2.05) is 0 Å². The van der Waals surface area contributed by atoms with Gasteiger partial charge in [0.25, 0.3) is 0 Å². The van der Waals surface area contributed by atoms with Crippen molar-refractivity contribution in [1.82, 2.24) is 19.1 Å². The number of fused-ring (bicyclic) bond motifs is 13. The summed E-state index contributed by atoms with van der Waals surface area (Å²) in [6, 6.07) is 73.2. The Kier molecular flexibility index (Phi) is 21.4. The third-order valence-corrected chi connectivity index (χ3v) is 21.6.